The van der Waals surface area contributed by atoms with E-state index in [1.807, 2.05) is 12.1 Å². The number of benzene rings is 1. The van der Waals surface area contributed by atoms with Crippen molar-refractivity contribution in [1.29, 1.82) is 0 Å². The van der Waals surface area contributed by atoms with Gasteiger partial charge in [-0.15, -0.1) is 0 Å². The average Bonchev–Trinajstić information content (AvgIpc) is 2.91. The van der Waals surface area contributed by atoms with Crippen LogP contribution in [0.15, 0.2) is 43.0 Å². The Balaban J connectivity index is 0.00000210. The molecule has 6 nitrogen and oxygen atoms in total. The van der Waals surface area contributed by atoms with Crippen LogP contribution in [0.3, 0.4) is 0 Å². The van der Waals surface area contributed by atoms with Crippen molar-refractivity contribution in [2.45, 2.75) is 13.0 Å². The van der Waals surface area contributed by atoms with Gasteiger partial charge in [-0.3, -0.25) is 4.90 Å². The van der Waals surface area contributed by atoms with Crippen LogP contribution in [-0.4, -0.2) is 73.9 Å². The van der Waals surface area contributed by atoms with E-state index in [1.165, 1.54) is 31.7 Å². The van der Waals surface area contributed by atoms with Gasteiger partial charge in [0.1, 0.15) is 25.5 Å². The smallest absolute Gasteiger partial charge is 0.243 e. The lowest BCUT2D eigenvalue weighted by Gasteiger charge is -2.32. The summed E-state index contributed by atoms with van der Waals surface area (Å²) < 4.78 is 5.43. The number of quaternary nitrogens is 1. The van der Waals surface area contributed by atoms with E-state index in [4.69, 9.17) is 5.73 Å². The summed E-state index contributed by atoms with van der Waals surface area (Å²) in [6, 6.07) is 8.30. The standard InChI is InChI=1S/C21H36N6.2ClH/c1-23-11-12-25(19-23)16-18-27(2,3)17-15-24-9-4-10-26(14-13-24)21-7-5-20(22)6-8-21;;/h5-8,11-12,19H,4,9-10,13-18,22H2,1-3H3;2*1H/q+2;;/p-2. The van der Waals surface area contributed by atoms with Crippen LogP contribution >= 0.6 is 0 Å². The number of nitrogen functional groups attached to an aromatic ring is 1. The van der Waals surface area contributed by atoms with Crippen molar-refractivity contribution in [1.82, 2.24) is 9.47 Å². The van der Waals surface area contributed by atoms with Gasteiger partial charge in [0, 0.05) is 44.1 Å². The van der Waals surface area contributed by atoms with Gasteiger partial charge in [-0.1, -0.05) is 0 Å². The molecule has 1 aromatic heterocycles. The Morgan fingerprint density at radius 1 is 0.966 bits per heavy atom. The first-order valence-electron chi connectivity index (χ1n) is 10.1. The third-order valence-electron chi connectivity index (χ3n) is 5.66. The van der Waals surface area contributed by atoms with Crippen molar-refractivity contribution in [2.75, 3.05) is 70.5 Å². The molecule has 1 aliphatic rings. The lowest BCUT2D eigenvalue weighted by atomic mass is 10.2. The number of nitrogens with zero attached hydrogens (tertiary/aromatic N) is 5. The summed E-state index contributed by atoms with van der Waals surface area (Å²) in [5.74, 6) is 0. The maximum Gasteiger partial charge on any atom is 0.243 e. The average molecular weight is 443 g/mol. The zero-order valence-corrected chi connectivity index (χ0v) is 19.5. The summed E-state index contributed by atoms with van der Waals surface area (Å²) in [4.78, 5) is 5.12. The first-order chi connectivity index (χ1) is 12.9. The highest BCUT2D eigenvalue weighted by Gasteiger charge is 2.20. The van der Waals surface area contributed by atoms with Gasteiger partial charge in [-0.05, 0) is 30.7 Å². The molecule has 0 unspecified atom stereocenters. The summed E-state index contributed by atoms with van der Waals surface area (Å²) in [5.41, 5.74) is 7.95. The number of halogens is 2. The molecular formula is C21H36Cl2N6. The molecule has 0 atom stereocenters. The SMILES string of the molecule is C[n+]1ccn(CC[N+](C)(C)CCN2CCCN(c3ccc(N)cc3)CC2)c1.[Cl-].[Cl-]. The number of likely N-dealkylation sites (N-methyl/N-ethyl adjacent to an activating group) is 1. The molecule has 1 fully saturated rings. The first-order valence-corrected chi connectivity index (χ1v) is 10.1. The number of imidazole rings is 1. The van der Waals surface area contributed by atoms with Crippen LogP contribution in [0.5, 0.6) is 0 Å². The van der Waals surface area contributed by atoms with Crippen molar-refractivity contribution < 1.29 is 33.9 Å². The number of hydrogen-bond donors (Lipinski definition) is 1. The van der Waals surface area contributed by atoms with Crippen LogP contribution in [0.4, 0.5) is 11.4 Å². The second-order valence-electron chi connectivity index (χ2n) is 8.47. The normalized spacial score (nSPS) is 15.3. The van der Waals surface area contributed by atoms with Crippen molar-refractivity contribution >= 4 is 11.4 Å². The summed E-state index contributed by atoms with van der Waals surface area (Å²) in [7, 11) is 6.77. The van der Waals surface area contributed by atoms with Crippen molar-refractivity contribution in [3.8, 4) is 0 Å². The lowest BCUT2D eigenvalue weighted by molar-refractivity contribution is -0.890. The number of hydrogen-bond acceptors (Lipinski definition) is 3. The number of aromatic nitrogens is 2. The summed E-state index contributed by atoms with van der Waals surface area (Å²) in [5, 5.41) is 0. The van der Waals surface area contributed by atoms with Crippen molar-refractivity contribution in [3.05, 3.63) is 43.0 Å². The maximum atomic E-state index is 5.82. The van der Waals surface area contributed by atoms with Crippen LogP contribution in [0.1, 0.15) is 6.42 Å². The van der Waals surface area contributed by atoms with Gasteiger partial charge in [0.15, 0.2) is 0 Å². The highest BCUT2D eigenvalue weighted by Crippen LogP contribution is 2.18. The largest absolute Gasteiger partial charge is 1.00 e. The third kappa shape index (κ3) is 8.05. The molecule has 0 bridgehead atoms. The van der Waals surface area contributed by atoms with Crippen LogP contribution in [0.25, 0.3) is 0 Å². The minimum Gasteiger partial charge on any atom is -1.00 e. The Bertz CT molecular complexity index is 716. The van der Waals surface area contributed by atoms with Gasteiger partial charge in [-0.2, -0.15) is 0 Å². The van der Waals surface area contributed by atoms with Crippen LogP contribution < -0.4 is 40.0 Å². The van der Waals surface area contributed by atoms with Gasteiger partial charge >= 0.3 is 0 Å². The Kier molecular flexibility index (Phi) is 10.3. The van der Waals surface area contributed by atoms with Gasteiger partial charge in [-0.25, -0.2) is 9.13 Å². The fourth-order valence-electron chi connectivity index (χ4n) is 3.68. The molecule has 164 valence electrons. The monoisotopic (exact) mass is 442 g/mol. The molecule has 1 aliphatic heterocycles. The van der Waals surface area contributed by atoms with E-state index in [2.05, 4.69) is 70.9 Å². The second kappa shape index (κ2) is 11.6. The fraction of sp³-hybridized carbons (Fsp3) is 0.571. The van der Waals surface area contributed by atoms with Crippen molar-refractivity contribution in [2.24, 2.45) is 7.05 Å². The van der Waals surface area contributed by atoms with Gasteiger partial charge < -0.3 is 39.9 Å². The van der Waals surface area contributed by atoms with Crippen LogP contribution in [0.2, 0.25) is 0 Å². The molecule has 0 radical (unpaired) electrons. The molecule has 0 saturated carbocycles. The summed E-state index contributed by atoms with van der Waals surface area (Å²) in [6.45, 7) is 9.13. The molecule has 2 N–H and O–H groups in total. The fourth-order valence-corrected chi connectivity index (χ4v) is 3.68. The minimum absolute atomic E-state index is 0. The van der Waals surface area contributed by atoms with E-state index >= 15 is 0 Å². The maximum absolute atomic E-state index is 5.82. The van der Waals surface area contributed by atoms with Crippen LogP contribution in [-0.2, 0) is 13.6 Å². The van der Waals surface area contributed by atoms with Gasteiger partial charge in [0.05, 0.1) is 27.7 Å². The van der Waals surface area contributed by atoms with Crippen molar-refractivity contribution in [3.63, 3.8) is 0 Å². The minimum atomic E-state index is 0. The number of nitrogens with two attached hydrogens (primary N) is 1. The summed E-state index contributed by atoms with van der Waals surface area (Å²) >= 11 is 0. The van der Waals surface area contributed by atoms with E-state index in [1.54, 1.807) is 0 Å². The molecule has 0 spiro atoms. The zero-order valence-electron chi connectivity index (χ0n) is 18.0. The molecule has 8 heteroatoms. The number of aryl methyl sites for hydroxylation is 1. The molecule has 3 rings (SSSR count). The first kappa shape index (κ1) is 25.6. The second-order valence-corrected chi connectivity index (χ2v) is 8.47. The zero-order chi connectivity index (χ0) is 19.3. The molecule has 0 amide bonds. The van der Waals surface area contributed by atoms with E-state index in [-0.39, 0.29) is 24.8 Å². The predicted octanol–water partition coefficient (Wildman–Crippen LogP) is -4.81. The summed E-state index contributed by atoms with van der Waals surface area (Å²) in [6.07, 6.45) is 7.63. The highest BCUT2D eigenvalue weighted by atomic mass is 35.5. The molecule has 2 heterocycles. The predicted molar refractivity (Wildman–Crippen MR) is 112 cm³/mol. The molecule has 2 aromatic rings. The van der Waals surface area contributed by atoms with Crippen LogP contribution in [0, 0.1) is 0 Å². The number of anilines is 2. The third-order valence-corrected chi connectivity index (χ3v) is 5.66. The van der Waals surface area contributed by atoms with Gasteiger partial charge in [0.25, 0.3) is 0 Å². The quantitative estimate of drug-likeness (QED) is 0.265. The Morgan fingerprint density at radius 3 is 2.31 bits per heavy atom. The molecule has 29 heavy (non-hydrogen) atoms. The Hall–Kier alpha value is -1.47. The highest BCUT2D eigenvalue weighted by molar-refractivity contribution is 5.53. The molecule has 1 saturated heterocycles. The number of rotatable bonds is 7. The van der Waals surface area contributed by atoms with E-state index in [0.717, 1.165) is 42.9 Å². The molecule has 1 aromatic carbocycles. The molecule has 0 aliphatic carbocycles. The van der Waals surface area contributed by atoms with E-state index in [9.17, 15) is 0 Å². The van der Waals surface area contributed by atoms with Gasteiger partial charge in [0.2, 0.25) is 6.33 Å². The van der Waals surface area contributed by atoms with E-state index < -0.39 is 0 Å². The molecular weight excluding hydrogens is 407 g/mol. The Morgan fingerprint density at radius 2 is 1.66 bits per heavy atom. The van der Waals surface area contributed by atoms with E-state index in [0.29, 0.717) is 0 Å². The Labute approximate surface area is 188 Å². The topological polar surface area (TPSA) is 41.3 Å². The lowest BCUT2D eigenvalue weighted by Crippen LogP contribution is -3.00.